The summed E-state index contributed by atoms with van der Waals surface area (Å²) in [6.45, 7) is 0. The van der Waals surface area contributed by atoms with E-state index in [1.807, 2.05) is 42.5 Å². The predicted molar refractivity (Wildman–Crippen MR) is 66.9 cm³/mol. The number of fused-ring (bicyclic) bond motifs is 1. The monoisotopic (exact) mass is 362 g/mol. The van der Waals surface area contributed by atoms with E-state index in [0.717, 1.165) is 9.00 Å². The summed E-state index contributed by atoms with van der Waals surface area (Å²) in [5, 5.41) is 2.30. The Morgan fingerprint density at radius 1 is 0.786 bits per heavy atom. The summed E-state index contributed by atoms with van der Waals surface area (Å²) < 4.78 is 0.886. The molecule has 0 bridgehead atoms. The fraction of sp³-hybridized carbons (Fsp3) is 0. The number of hydrogen-bond acceptors (Lipinski definition) is 0. The Kier molecular flexibility index (Phi) is 3.17. The van der Waals surface area contributed by atoms with Gasteiger partial charge in [-0.1, -0.05) is 0 Å². The first kappa shape index (κ1) is 10.9. The predicted octanol–water partition coefficient (Wildman–Crippen LogP) is 3.70. The quantitative estimate of drug-likeness (QED) is 0.680. The van der Waals surface area contributed by atoms with Crippen LogP contribution in [0.25, 0.3) is 10.8 Å². The van der Waals surface area contributed by atoms with Gasteiger partial charge in [-0.05, 0) is 0 Å². The molecule has 74 valence electrons. The van der Waals surface area contributed by atoms with Crippen molar-refractivity contribution in [2.45, 2.75) is 0 Å². The van der Waals surface area contributed by atoms with Crippen molar-refractivity contribution in [3.8, 4) is 0 Å². The normalized spacial score (nSPS) is 13.1. The number of benzene rings is 2. The third-order valence-corrected chi connectivity index (χ3v) is 7.82. The number of hydrogen-bond donors (Lipinski definition) is 0. The number of rotatable bonds is 1. The van der Waals surface area contributed by atoms with Gasteiger partial charge in [0.1, 0.15) is 0 Å². The van der Waals surface area contributed by atoms with Gasteiger partial charge in [-0.3, -0.25) is 0 Å². The summed E-state index contributed by atoms with van der Waals surface area (Å²) in [6.07, 6.45) is 0. The van der Waals surface area contributed by atoms with Crippen molar-refractivity contribution in [1.82, 2.24) is 0 Å². The van der Waals surface area contributed by atoms with Gasteiger partial charge in [0, 0.05) is 0 Å². The van der Waals surface area contributed by atoms with Gasteiger partial charge in [0.25, 0.3) is 0 Å². The van der Waals surface area contributed by atoms with Crippen molar-refractivity contribution in [3.63, 3.8) is 0 Å². The van der Waals surface area contributed by atoms with Crippen LogP contribution in [-0.4, -0.2) is 14.8 Å². The second-order valence-electron chi connectivity index (χ2n) is 2.92. The van der Waals surface area contributed by atoms with Crippen molar-refractivity contribution in [2.75, 3.05) is 0 Å². The number of halogens is 3. The molecule has 4 heteroatoms. The molecule has 0 heterocycles. The molecule has 14 heavy (non-hydrogen) atoms. The fourth-order valence-electron chi connectivity index (χ4n) is 1.31. The molecule has 0 aliphatic rings. The molecule has 2 aromatic rings. The van der Waals surface area contributed by atoms with Gasteiger partial charge in [-0.15, -0.1) is 0 Å². The minimum absolute atomic E-state index is 0.886. The van der Waals surface area contributed by atoms with Crippen LogP contribution in [-0.2, 0) is 0 Å². The van der Waals surface area contributed by atoms with E-state index in [0.29, 0.717) is 0 Å². The Balaban J connectivity index is 2.63. The van der Waals surface area contributed by atoms with Crippen LogP contribution in [0.4, 0.5) is 0 Å². The Hall–Kier alpha value is 0.360. The van der Waals surface area contributed by atoms with Gasteiger partial charge in [0.05, 0.1) is 0 Å². The summed E-state index contributed by atoms with van der Waals surface area (Å²) in [7, 11) is 17.9. The van der Waals surface area contributed by atoms with Crippen molar-refractivity contribution in [2.24, 2.45) is 0 Å². The van der Waals surface area contributed by atoms with E-state index in [1.54, 1.807) is 0 Å². The first-order valence-corrected chi connectivity index (χ1v) is 14.0. The maximum atomic E-state index is 5.98. The first-order valence-electron chi connectivity index (χ1n) is 3.98. The topological polar surface area (TPSA) is 0 Å². The van der Waals surface area contributed by atoms with Crippen LogP contribution < -0.4 is 3.61 Å². The van der Waals surface area contributed by atoms with E-state index >= 15 is 0 Å². The third kappa shape index (κ3) is 2.30. The molecular formula is C10H7Cl3Te. The Labute approximate surface area is 97.8 Å². The first-order chi connectivity index (χ1) is 6.57. The van der Waals surface area contributed by atoms with Crippen LogP contribution in [0, 0.1) is 0 Å². The molecule has 0 radical (unpaired) electrons. The summed E-state index contributed by atoms with van der Waals surface area (Å²) in [6, 6.07) is 13.9. The van der Waals surface area contributed by atoms with E-state index < -0.39 is 14.8 Å². The molecule has 2 aromatic carbocycles. The van der Waals surface area contributed by atoms with E-state index in [9.17, 15) is 0 Å². The van der Waals surface area contributed by atoms with Gasteiger partial charge in [-0.25, -0.2) is 0 Å². The van der Waals surface area contributed by atoms with Crippen LogP contribution in [0.3, 0.4) is 0 Å². The van der Waals surface area contributed by atoms with Crippen LogP contribution >= 0.6 is 26.9 Å². The molecule has 0 N–H and O–H groups in total. The molecule has 0 saturated heterocycles. The van der Waals surface area contributed by atoms with E-state index in [4.69, 9.17) is 26.9 Å². The van der Waals surface area contributed by atoms with Gasteiger partial charge in [0.15, 0.2) is 0 Å². The molecule has 0 nitrogen and oxygen atoms in total. The molecule has 0 atom stereocenters. The van der Waals surface area contributed by atoms with Crippen LogP contribution in [0.1, 0.15) is 0 Å². The zero-order chi connectivity index (χ0) is 10.2. The van der Waals surface area contributed by atoms with Crippen molar-refractivity contribution in [3.05, 3.63) is 42.5 Å². The molecule has 0 aliphatic heterocycles. The molecule has 0 unspecified atom stereocenters. The zero-order valence-corrected chi connectivity index (χ0v) is 11.7. The Morgan fingerprint density at radius 3 is 2.07 bits per heavy atom. The van der Waals surface area contributed by atoms with Gasteiger partial charge in [-0.2, -0.15) is 0 Å². The van der Waals surface area contributed by atoms with Crippen LogP contribution in [0.2, 0.25) is 0 Å². The van der Waals surface area contributed by atoms with Gasteiger partial charge < -0.3 is 0 Å². The molecule has 0 spiro atoms. The SMILES string of the molecule is Cl[Te](Cl)(Cl)c1ccc2ccccc2c1. The molecular weight excluding hydrogens is 354 g/mol. The molecule has 0 saturated carbocycles. The second-order valence-corrected chi connectivity index (χ2v) is 19.1. The minimum atomic E-state index is -3.25. The van der Waals surface area contributed by atoms with Crippen molar-refractivity contribution >= 4 is 56.1 Å². The fourth-order valence-corrected chi connectivity index (χ4v) is 4.62. The Bertz CT molecular complexity index is 462. The molecule has 0 amide bonds. The summed E-state index contributed by atoms with van der Waals surface area (Å²) in [5.41, 5.74) is 0. The maximum absolute atomic E-state index is 5.98. The van der Waals surface area contributed by atoms with Crippen molar-refractivity contribution < 1.29 is 0 Å². The third-order valence-electron chi connectivity index (χ3n) is 1.99. The molecule has 2 rings (SSSR count). The van der Waals surface area contributed by atoms with Crippen LogP contribution in [0.15, 0.2) is 42.5 Å². The van der Waals surface area contributed by atoms with Gasteiger partial charge >= 0.3 is 98.6 Å². The van der Waals surface area contributed by atoms with E-state index in [-0.39, 0.29) is 0 Å². The zero-order valence-electron chi connectivity index (χ0n) is 7.08. The molecule has 0 aromatic heterocycles. The summed E-state index contributed by atoms with van der Waals surface area (Å²) in [4.78, 5) is 0. The molecule has 0 fully saturated rings. The van der Waals surface area contributed by atoms with E-state index in [2.05, 4.69) is 0 Å². The standard InChI is InChI=1S/C10H7Cl3Te/c11-14(12,13)10-6-5-8-3-1-2-4-9(8)7-10/h1-7H. The average Bonchev–Trinajstić information content (AvgIpc) is 2.16. The van der Waals surface area contributed by atoms with E-state index in [1.165, 1.54) is 5.39 Å². The molecule has 0 aliphatic carbocycles. The second kappa shape index (κ2) is 4.08. The average molecular weight is 361 g/mol. The van der Waals surface area contributed by atoms with Crippen molar-refractivity contribution in [1.29, 1.82) is 0 Å². The Morgan fingerprint density at radius 2 is 1.43 bits per heavy atom. The van der Waals surface area contributed by atoms with Crippen LogP contribution in [0.5, 0.6) is 0 Å². The summed E-state index contributed by atoms with van der Waals surface area (Å²) in [5.74, 6) is 0. The summed E-state index contributed by atoms with van der Waals surface area (Å²) >= 11 is -3.25. The van der Waals surface area contributed by atoms with Gasteiger partial charge in [0.2, 0.25) is 0 Å².